The minimum atomic E-state index is 0.417. The van der Waals surface area contributed by atoms with Gasteiger partial charge >= 0.3 is 0 Å². The molecule has 5 heteroatoms. The van der Waals surface area contributed by atoms with Crippen LogP contribution in [0.1, 0.15) is 39.5 Å². The lowest BCUT2D eigenvalue weighted by atomic mass is 9.99. The van der Waals surface area contributed by atoms with E-state index in [1.807, 2.05) is 0 Å². The van der Waals surface area contributed by atoms with Gasteiger partial charge in [-0.25, -0.2) is 4.68 Å². The summed E-state index contributed by atoms with van der Waals surface area (Å²) in [6.45, 7) is 5.24. The van der Waals surface area contributed by atoms with E-state index < -0.39 is 0 Å². The third kappa shape index (κ3) is 2.97. The number of nitrogen functional groups attached to an aromatic ring is 1. The van der Waals surface area contributed by atoms with E-state index in [1.165, 1.54) is 19.3 Å². The van der Waals surface area contributed by atoms with E-state index in [-0.39, 0.29) is 0 Å². The van der Waals surface area contributed by atoms with Gasteiger partial charge in [-0.2, -0.15) is 0 Å². The number of nitrogens with two attached hydrogens (primary N) is 1. The fourth-order valence-corrected chi connectivity index (χ4v) is 1.50. The number of tetrazole rings is 1. The molecule has 0 amide bonds. The standard InChI is InChI=1S/C9H19N5/c1-3-5-6-8(4-2)7-14-9(10)11-12-13-14/h8H,3-7H2,1-2H3,(H2,10,11,13)/t8-/m0/s1. The predicted octanol–water partition coefficient (Wildman–Crippen LogP) is 1.47. The van der Waals surface area contributed by atoms with E-state index in [1.54, 1.807) is 4.68 Å². The number of rotatable bonds is 6. The van der Waals surface area contributed by atoms with Crippen LogP contribution in [0.3, 0.4) is 0 Å². The minimum Gasteiger partial charge on any atom is -0.367 e. The molecule has 5 nitrogen and oxygen atoms in total. The van der Waals surface area contributed by atoms with E-state index >= 15 is 0 Å². The number of anilines is 1. The maximum atomic E-state index is 5.60. The summed E-state index contributed by atoms with van der Waals surface area (Å²) in [4.78, 5) is 0. The molecule has 0 spiro atoms. The SMILES string of the molecule is CCCC[C@H](CC)Cn1nnnc1N. The smallest absolute Gasteiger partial charge is 0.240 e. The molecule has 0 aliphatic carbocycles. The third-order valence-corrected chi connectivity index (χ3v) is 2.53. The van der Waals surface area contributed by atoms with Gasteiger partial charge in [-0.3, -0.25) is 0 Å². The summed E-state index contributed by atoms with van der Waals surface area (Å²) in [6, 6.07) is 0. The summed E-state index contributed by atoms with van der Waals surface area (Å²) in [5.74, 6) is 1.06. The Morgan fingerprint density at radius 2 is 2.21 bits per heavy atom. The van der Waals surface area contributed by atoms with Crippen molar-refractivity contribution in [2.24, 2.45) is 5.92 Å². The highest BCUT2D eigenvalue weighted by atomic mass is 15.6. The van der Waals surface area contributed by atoms with Gasteiger partial charge < -0.3 is 5.73 Å². The van der Waals surface area contributed by atoms with Gasteiger partial charge in [-0.1, -0.05) is 38.2 Å². The van der Waals surface area contributed by atoms with Crippen molar-refractivity contribution in [2.45, 2.75) is 46.1 Å². The topological polar surface area (TPSA) is 69.6 Å². The van der Waals surface area contributed by atoms with Gasteiger partial charge in [0.1, 0.15) is 0 Å². The largest absolute Gasteiger partial charge is 0.367 e. The molecule has 0 bridgehead atoms. The Hall–Kier alpha value is -1.13. The monoisotopic (exact) mass is 197 g/mol. The fraction of sp³-hybridized carbons (Fsp3) is 0.889. The Kier molecular flexibility index (Phi) is 4.35. The molecule has 0 unspecified atom stereocenters. The lowest BCUT2D eigenvalue weighted by molar-refractivity contribution is 0.370. The van der Waals surface area contributed by atoms with Crippen LogP contribution in [0, 0.1) is 5.92 Å². The molecule has 1 rings (SSSR count). The molecule has 0 saturated carbocycles. The summed E-state index contributed by atoms with van der Waals surface area (Å²) >= 11 is 0. The van der Waals surface area contributed by atoms with E-state index in [4.69, 9.17) is 5.73 Å². The Balaban J connectivity index is 2.44. The quantitative estimate of drug-likeness (QED) is 0.749. The summed E-state index contributed by atoms with van der Waals surface area (Å²) in [6.07, 6.45) is 4.88. The molecule has 0 fully saturated rings. The first-order valence-corrected chi connectivity index (χ1v) is 5.29. The normalized spacial score (nSPS) is 13.0. The van der Waals surface area contributed by atoms with Crippen LogP contribution < -0.4 is 5.73 Å². The molecule has 1 heterocycles. The summed E-state index contributed by atoms with van der Waals surface area (Å²) < 4.78 is 1.68. The van der Waals surface area contributed by atoms with Gasteiger partial charge in [0.25, 0.3) is 0 Å². The van der Waals surface area contributed by atoms with E-state index in [9.17, 15) is 0 Å². The summed E-state index contributed by atoms with van der Waals surface area (Å²) in [5, 5.41) is 11.0. The highest BCUT2D eigenvalue weighted by Crippen LogP contribution is 2.15. The van der Waals surface area contributed by atoms with Gasteiger partial charge in [0.05, 0.1) is 0 Å². The van der Waals surface area contributed by atoms with E-state index in [0.29, 0.717) is 11.9 Å². The number of hydrogen-bond donors (Lipinski definition) is 1. The predicted molar refractivity (Wildman–Crippen MR) is 55.5 cm³/mol. The lowest BCUT2D eigenvalue weighted by Gasteiger charge is -2.13. The molecule has 0 aromatic carbocycles. The lowest BCUT2D eigenvalue weighted by Crippen LogP contribution is -2.13. The van der Waals surface area contributed by atoms with Crippen molar-refractivity contribution in [3.8, 4) is 0 Å². The van der Waals surface area contributed by atoms with Crippen LogP contribution in [-0.4, -0.2) is 20.2 Å². The van der Waals surface area contributed by atoms with Crippen molar-refractivity contribution < 1.29 is 0 Å². The van der Waals surface area contributed by atoms with E-state index in [2.05, 4.69) is 29.4 Å². The van der Waals surface area contributed by atoms with Gasteiger partial charge in [0.15, 0.2) is 0 Å². The Morgan fingerprint density at radius 3 is 2.71 bits per heavy atom. The maximum absolute atomic E-state index is 5.60. The van der Waals surface area contributed by atoms with Crippen LogP contribution >= 0.6 is 0 Å². The van der Waals surface area contributed by atoms with Crippen LogP contribution in [0.2, 0.25) is 0 Å². The molecule has 0 aliphatic rings. The first-order valence-electron chi connectivity index (χ1n) is 5.29. The van der Waals surface area contributed by atoms with Crippen molar-refractivity contribution in [3.63, 3.8) is 0 Å². The number of unbranched alkanes of at least 4 members (excludes halogenated alkanes) is 1. The fourth-order valence-electron chi connectivity index (χ4n) is 1.50. The second-order valence-electron chi connectivity index (χ2n) is 3.64. The Morgan fingerprint density at radius 1 is 1.43 bits per heavy atom. The van der Waals surface area contributed by atoms with Crippen molar-refractivity contribution in [3.05, 3.63) is 0 Å². The highest BCUT2D eigenvalue weighted by Gasteiger charge is 2.09. The van der Waals surface area contributed by atoms with Gasteiger partial charge in [0.2, 0.25) is 5.95 Å². The number of hydrogen-bond acceptors (Lipinski definition) is 4. The van der Waals surface area contributed by atoms with Gasteiger partial charge in [-0.05, 0) is 22.8 Å². The molecular formula is C9H19N5. The Bertz CT molecular complexity index is 257. The van der Waals surface area contributed by atoms with Crippen LogP contribution in [0.5, 0.6) is 0 Å². The zero-order valence-electron chi connectivity index (χ0n) is 8.98. The second-order valence-corrected chi connectivity index (χ2v) is 3.64. The number of aromatic nitrogens is 4. The van der Waals surface area contributed by atoms with Crippen molar-refractivity contribution in [1.82, 2.24) is 20.2 Å². The summed E-state index contributed by atoms with van der Waals surface area (Å²) in [5.41, 5.74) is 5.60. The molecule has 0 radical (unpaired) electrons. The zero-order valence-corrected chi connectivity index (χ0v) is 8.98. The molecule has 1 aromatic heterocycles. The molecule has 80 valence electrons. The summed E-state index contributed by atoms with van der Waals surface area (Å²) in [7, 11) is 0. The molecule has 0 aliphatic heterocycles. The molecule has 1 aromatic rings. The van der Waals surface area contributed by atoms with Crippen LogP contribution in [0.4, 0.5) is 5.95 Å². The average molecular weight is 197 g/mol. The van der Waals surface area contributed by atoms with Crippen molar-refractivity contribution >= 4 is 5.95 Å². The maximum Gasteiger partial charge on any atom is 0.240 e. The van der Waals surface area contributed by atoms with Crippen molar-refractivity contribution in [1.29, 1.82) is 0 Å². The molecule has 2 N–H and O–H groups in total. The molecule has 0 saturated heterocycles. The average Bonchev–Trinajstić information content (AvgIpc) is 2.59. The first kappa shape index (κ1) is 10.9. The molecule has 1 atom stereocenters. The van der Waals surface area contributed by atoms with Crippen LogP contribution in [0.25, 0.3) is 0 Å². The molecule has 14 heavy (non-hydrogen) atoms. The minimum absolute atomic E-state index is 0.417. The van der Waals surface area contributed by atoms with Gasteiger partial charge in [-0.15, -0.1) is 0 Å². The van der Waals surface area contributed by atoms with Crippen LogP contribution in [0.15, 0.2) is 0 Å². The second kappa shape index (κ2) is 5.57. The third-order valence-electron chi connectivity index (χ3n) is 2.53. The molecular weight excluding hydrogens is 178 g/mol. The van der Waals surface area contributed by atoms with E-state index in [0.717, 1.165) is 13.0 Å². The van der Waals surface area contributed by atoms with Crippen LogP contribution in [-0.2, 0) is 6.54 Å². The highest BCUT2D eigenvalue weighted by molar-refractivity contribution is 5.09. The zero-order chi connectivity index (χ0) is 10.4. The number of nitrogens with zero attached hydrogens (tertiary/aromatic N) is 4. The van der Waals surface area contributed by atoms with Gasteiger partial charge in [0, 0.05) is 6.54 Å². The first-order chi connectivity index (χ1) is 6.77. The van der Waals surface area contributed by atoms with Crippen molar-refractivity contribution in [2.75, 3.05) is 5.73 Å². The Labute approximate surface area is 84.7 Å².